The molecule has 0 radical (unpaired) electrons. The molecule has 0 aromatic carbocycles. The van der Waals surface area contributed by atoms with Gasteiger partial charge >= 0.3 is 5.97 Å². The Morgan fingerprint density at radius 3 is 2.38 bits per heavy atom. The lowest BCUT2D eigenvalue weighted by Gasteiger charge is -2.26. The van der Waals surface area contributed by atoms with Crippen LogP contribution in [0, 0.1) is 0 Å². The molecule has 1 unspecified atom stereocenters. The number of carbonyl (C=O) groups is 1. The van der Waals surface area contributed by atoms with Gasteiger partial charge in [-0.2, -0.15) is 15.0 Å². The van der Waals surface area contributed by atoms with Crippen LogP contribution in [0.3, 0.4) is 0 Å². The number of carbonyl (C=O) groups excluding carboxylic acids is 1. The van der Waals surface area contributed by atoms with E-state index in [0.29, 0.717) is 13.0 Å². The number of alkyl halides is 2. The normalized spacial score (nSPS) is 13.5. The van der Waals surface area contributed by atoms with Crippen molar-refractivity contribution in [2.75, 3.05) is 36.5 Å². The van der Waals surface area contributed by atoms with Crippen molar-refractivity contribution in [1.29, 1.82) is 0 Å². The Morgan fingerprint density at radius 2 is 1.83 bits per heavy atom. The first-order valence-corrected chi connectivity index (χ1v) is 7.25. The van der Waals surface area contributed by atoms with E-state index in [4.69, 9.17) is 27.7 Å². The fraction of sp³-hybridized carbons (Fsp3) is 0.667. The number of halogens is 2. The van der Waals surface area contributed by atoms with Gasteiger partial charge in [-0.25, -0.2) is 13.6 Å². The van der Waals surface area contributed by atoms with E-state index in [1.165, 1.54) is 0 Å². The third-order valence-electron chi connectivity index (χ3n) is 3.07. The van der Waals surface area contributed by atoms with Crippen LogP contribution in [-0.2, 0) is 9.53 Å². The van der Waals surface area contributed by atoms with E-state index >= 15 is 0 Å². The zero-order chi connectivity index (χ0) is 18.2. The second-order valence-corrected chi connectivity index (χ2v) is 5.02. The third-order valence-corrected chi connectivity index (χ3v) is 3.07. The lowest BCUT2D eigenvalue weighted by molar-refractivity contribution is -0.157. The van der Waals surface area contributed by atoms with Gasteiger partial charge in [0.1, 0.15) is 0 Å². The molecule has 0 aliphatic rings. The zero-order valence-electron chi connectivity index (χ0n) is 13.0. The summed E-state index contributed by atoms with van der Waals surface area (Å²) in [5.74, 6) is -1.07. The fourth-order valence-electron chi connectivity index (χ4n) is 1.75. The van der Waals surface area contributed by atoms with Crippen molar-refractivity contribution >= 4 is 23.8 Å². The molecule has 0 fully saturated rings. The summed E-state index contributed by atoms with van der Waals surface area (Å²) >= 11 is 0. The lowest BCUT2D eigenvalue weighted by Crippen LogP contribution is -2.55. The summed E-state index contributed by atoms with van der Waals surface area (Å²) in [5, 5.41) is 2.79. The first-order valence-electron chi connectivity index (χ1n) is 7.25. The Morgan fingerprint density at radius 1 is 1.21 bits per heavy atom. The van der Waals surface area contributed by atoms with Gasteiger partial charge in [-0.05, 0) is 25.8 Å². The highest BCUT2D eigenvalue weighted by atomic mass is 19.3. The van der Waals surface area contributed by atoms with Gasteiger partial charge in [0.05, 0.1) is 6.61 Å². The van der Waals surface area contributed by atoms with Gasteiger partial charge < -0.3 is 33.0 Å². The lowest BCUT2D eigenvalue weighted by atomic mass is 9.95. The molecule has 1 atom stereocenters. The second kappa shape index (κ2) is 9.08. The molecule has 136 valence electrons. The van der Waals surface area contributed by atoms with Crippen LogP contribution in [0.15, 0.2) is 0 Å². The molecular formula is C12H22F2N8O2. The Hall–Kier alpha value is -2.34. The maximum atomic E-state index is 13.0. The second-order valence-electron chi connectivity index (χ2n) is 5.02. The van der Waals surface area contributed by atoms with Crippen LogP contribution in [0.4, 0.5) is 26.6 Å². The van der Waals surface area contributed by atoms with Gasteiger partial charge in [-0.15, -0.1) is 0 Å². The van der Waals surface area contributed by atoms with E-state index in [1.807, 2.05) is 0 Å². The third kappa shape index (κ3) is 5.70. The molecule has 1 heterocycles. The minimum atomic E-state index is -3.04. The minimum absolute atomic E-state index is 0.0406. The predicted molar refractivity (Wildman–Crippen MR) is 83.9 cm³/mol. The average molecular weight is 348 g/mol. The molecule has 12 heteroatoms. The Labute approximate surface area is 137 Å². The smallest absolute Gasteiger partial charge is 0.332 e. The first-order chi connectivity index (χ1) is 11.3. The molecule has 24 heavy (non-hydrogen) atoms. The van der Waals surface area contributed by atoms with E-state index in [9.17, 15) is 13.6 Å². The molecule has 0 aliphatic carbocycles. The number of ether oxygens (including phenoxy) is 1. The maximum absolute atomic E-state index is 13.0. The fourth-order valence-corrected chi connectivity index (χ4v) is 1.75. The molecular weight excluding hydrogens is 326 g/mol. The Bertz CT molecular complexity index is 528. The van der Waals surface area contributed by atoms with Crippen LogP contribution < -0.4 is 28.3 Å². The van der Waals surface area contributed by atoms with Gasteiger partial charge in [0.25, 0.3) is 6.43 Å². The topological polar surface area (TPSA) is 181 Å². The number of nitrogens with two attached hydrogens (primary N) is 4. The predicted octanol–water partition coefficient (Wildman–Crippen LogP) is -0.917. The molecule has 9 N–H and O–H groups in total. The molecule has 0 bridgehead atoms. The largest absolute Gasteiger partial charge is 0.464 e. The number of anilines is 3. The van der Waals surface area contributed by atoms with Gasteiger partial charge in [0.15, 0.2) is 5.54 Å². The summed E-state index contributed by atoms with van der Waals surface area (Å²) < 4.78 is 30.8. The summed E-state index contributed by atoms with van der Waals surface area (Å²) in [6.45, 7) is 0.350. The number of nitrogens with zero attached hydrogens (tertiary/aromatic N) is 3. The van der Waals surface area contributed by atoms with E-state index in [2.05, 4.69) is 20.3 Å². The number of nitrogen functional groups attached to an aromatic ring is 2. The Kier molecular flexibility index (Phi) is 7.45. The van der Waals surface area contributed by atoms with Crippen LogP contribution in [-0.4, -0.2) is 52.6 Å². The monoisotopic (exact) mass is 348 g/mol. The van der Waals surface area contributed by atoms with Crippen molar-refractivity contribution in [1.82, 2.24) is 15.0 Å². The van der Waals surface area contributed by atoms with Crippen molar-refractivity contribution in [3.63, 3.8) is 0 Å². The number of nitrogens with one attached hydrogen (secondary N) is 1. The standard InChI is InChI=1S/C12H22F2N8O2/c13-7(14)12(18,3-1-4-15)8(23)24-6-2-5-19-11-21-9(16)20-10(17)22-11/h7H,1-6,15,18H2,(H5,16,17,19,20,21,22). The molecule has 0 aliphatic heterocycles. The van der Waals surface area contributed by atoms with Gasteiger partial charge in [-0.3, -0.25) is 0 Å². The van der Waals surface area contributed by atoms with E-state index in [-0.39, 0.29) is 43.8 Å². The number of esters is 1. The van der Waals surface area contributed by atoms with Gasteiger partial charge in [0, 0.05) is 6.54 Å². The molecule has 1 rings (SSSR count). The Balaban J connectivity index is 2.39. The summed E-state index contributed by atoms with van der Waals surface area (Å²) in [7, 11) is 0. The first kappa shape index (κ1) is 19.7. The molecule has 0 saturated heterocycles. The molecule has 1 aromatic heterocycles. The van der Waals surface area contributed by atoms with Crippen molar-refractivity contribution < 1.29 is 18.3 Å². The van der Waals surface area contributed by atoms with E-state index < -0.39 is 17.9 Å². The molecule has 0 saturated carbocycles. The maximum Gasteiger partial charge on any atom is 0.332 e. The zero-order valence-corrected chi connectivity index (χ0v) is 13.0. The molecule has 0 spiro atoms. The quantitative estimate of drug-likeness (QED) is 0.262. The van der Waals surface area contributed by atoms with E-state index in [1.54, 1.807) is 0 Å². The average Bonchev–Trinajstić information content (AvgIpc) is 2.50. The van der Waals surface area contributed by atoms with Crippen LogP contribution in [0.1, 0.15) is 19.3 Å². The highest BCUT2D eigenvalue weighted by Gasteiger charge is 2.44. The summed E-state index contributed by atoms with van der Waals surface area (Å²) in [5.41, 5.74) is 19.2. The van der Waals surface area contributed by atoms with Crippen LogP contribution >= 0.6 is 0 Å². The SMILES string of the molecule is NCCCC(N)(C(=O)OCCCNc1nc(N)nc(N)n1)C(F)F. The summed E-state index contributed by atoms with van der Waals surface area (Å²) in [4.78, 5) is 23.0. The molecule has 0 amide bonds. The van der Waals surface area contributed by atoms with Crippen LogP contribution in [0.25, 0.3) is 0 Å². The summed E-state index contributed by atoms with van der Waals surface area (Å²) in [6.07, 6.45) is -2.78. The van der Waals surface area contributed by atoms with Crippen LogP contribution in [0.2, 0.25) is 0 Å². The number of rotatable bonds is 10. The van der Waals surface area contributed by atoms with Crippen molar-refractivity contribution in [3.05, 3.63) is 0 Å². The van der Waals surface area contributed by atoms with Gasteiger partial charge in [-0.1, -0.05) is 0 Å². The number of hydrogen-bond acceptors (Lipinski definition) is 10. The number of hydrogen-bond donors (Lipinski definition) is 5. The minimum Gasteiger partial charge on any atom is -0.464 e. The number of aromatic nitrogens is 3. The summed E-state index contributed by atoms with van der Waals surface area (Å²) in [6, 6.07) is 0. The highest BCUT2D eigenvalue weighted by Crippen LogP contribution is 2.20. The van der Waals surface area contributed by atoms with Gasteiger partial charge in [0.2, 0.25) is 17.8 Å². The molecule has 1 aromatic rings. The van der Waals surface area contributed by atoms with Crippen LogP contribution in [0.5, 0.6) is 0 Å². The molecule has 10 nitrogen and oxygen atoms in total. The highest BCUT2D eigenvalue weighted by molar-refractivity contribution is 5.81. The van der Waals surface area contributed by atoms with Crippen molar-refractivity contribution in [2.24, 2.45) is 11.5 Å². The van der Waals surface area contributed by atoms with Crippen molar-refractivity contribution in [3.8, 4) is 0 Å². The van der Waals surface area contributed by atoms with E-state index in [0.717, 1.165) is 0 Å². The van der Waals surface area contributed by atoms with Crippen molar-refractivity contribution in [2.45, 2.75) is 31.2 Å².